The van der Waals surface area contributed by atoms with E-state index in [-0.39, 0.29) is 23.9 Å². The molecule has 0 radical (unpaired) electrons. The van der Waals surface area contributed by atoms with Crippen molar-refractivity contribution >= 4 is 11.8 Å². The highest BCUT2D eigenvalue weighted by atomic mass is 16.5. The van der Waals surface area contributed by atoms with Crippen LogP contribution in [-0.2, 0) is 4.79 Å². The SMILES string of the molecule is Cc1cc(C(=O)N2CCN([C@H]3CCCN(C(C)C)C3=O)CC2)on1. The maximum atomic E-state index is 12.7. The molecule has 0 aromatic carbocycles. The zero-order chi connectivity index (χ0) is 17.3. The lowest BCUT2D eigenvalue weighted by Gasteiger charge is -2.43. The predicted octanol–water partition coefficient (Wildman–Crippen LogP) is 1.14. The average Bonchev–Trinajstić information content (AvgIpc) is 3.01. The minimum absolute atomic E-state index is 0.0362. The molecule has 0 saturated carbocycles. The van der Waals surface area contributed by atoms with E-state index in [9.17, 15) is 9.59 Å². The molecule has 2 saturated heterocycles. The van der Waals surface area contributed by atoms with Crippen LogP contribution in [0.25, 0.3) is 0 Å². The number of aromatic nitrogens is 1. The Bertz CT molecular complexity index is 605. The molecule has 1 aromatic rings. The Hall–Kier alpha value is -1.89. The maximum absolute atomic E-state index is 12.7. The number of carbonyl (C=O) groups excluding carboxylic acids is 2. The van der Waals surface area contributed by atoms with Crippen LogP contribution in [0.2, 0.25) is 0 Å². The molecule has 7 heteroatoms. The van der Waals surface area contributed by atoms with Crippen molar-refractivity contribution in [2.75, 3.05) is 32.7 Å². The topological polar surface area (TPSA) is 69.9 Å². The molecule has 0 spiro atoms. The summed E-state index contributed by atoms with van der Waals surface area (Å²) >= 11 is 0. The molecule has 2 aliphatic rings. The van der Waals surface area contributed by atoms with Crippen molar-refractivity contribution in [3.63, 3.8) is 0 Å². The summed E-state index contributed by atoms with van der Waals surface area (Å²) in [6.45, 7) is 9.46. The van der Waals surface area contributed by atoms with Crippen molar-refractivity contribution < 1.29 is 14.1 Å². The van der Waals surface area contributed by atoms with Gasteiger partial charge in [-0.25, -0.2) is 0 Å². The maximum Gasteiger partial charge on any atom is 0.292 e. The number of piperazine rings is 1. The van der Waals surface area contributed by atoms with Crippen LogP contribution in [0.1, 0.15) is 42.9 Å². The van der Waals surface area contributed by atoms with Crippen LogP contribution < -0.4 is 0 Å². The third-order valence-electron chi connectivity index (χ3n) is 4.95. The molecule has 3 heterocycles. The predicted molar refractivity (Wildman–Crippen MR) is 88.6 cm³/mol. The molecule has 7 nitrogen and oxygen atoms in total. The van der Waals surface area contributed by atoms with Crippen molar-refractivity contribution in [1.82, 2.24) is 19.9 Å². The number of hydrogen-bond donors (Lipinski definition) is 0. The van der Waals surface area contributed by atoms with Crippen molar-refractivity contribution in [2.45, 2.75) is 45.7 Å². The third kappa shape index (κ3) is 3.31. The van der Waals surface area contributed by atoms with Gasteiger partial charge in [0.25, 0.3) is 5.91 Å². The van der Waals surface area contributed by atoms with E-state index in [0.29, 0.717) is 24.5 Å². The normalized spacial score (nSPS) is 23.2. The molecule has 1 atom stereocenters. The molecule has 2 fully saturated rings. The first-order valence-corrected chi connectivity index (χ1v) is 8.74. The van der Waals surface area contributed by atoms with E-state index in [4.69, 9.17) is 4.52 Å². The summed E-state index contributed by atoms with van der Waals surface area (Å²) in [5, 5.41) is 3.77. The Morgan fingerprint density at radius 2 is 1.96 bits per heavy atom. The van der Waals surface area contributed by atoms with Gasteiger partial charge in [0, 0.05) is 44.8 Å². The Morgan fingerprint density at radius 3 is 2.54 bits per heavy atom. The van der Waals surface area contributed by atoms with Crippen molar-refractivity contribution in [3.05, 3.63) is 17.5 Å². The Labute approximate surface area is 142 Å². The molecule has 0 N–H and O–H groups in total. The summed E-state index contributed by atoms with van der Waals surface area (Å²) in [5.41, 5.74) is 0.707. The van der Waals surface area contributed by atoms with E-state index in [1.807, 2.05) is 4.90 Å². The van der Waals surface area contributed by atoms with Gasteiger partial charge in [0.15, 0.2) is 0 Å². The first kappa shape index (κ1) is 17.0. The largest absolute Gasteiger partial charge is 0.351 e. The molecule has 0 bridgehead atoms. The van der Waals surface area contributed by atoms with Gasteiger partial charge in [0.05, 0.1) is 11.7 Å². The lowest BCUT2D eigenvalue weighted by Crippen LogP contribution is -2.59. The molecule has 1 aromatic heterocycles. The van der Waals surface area contributed by atoms with E-state index < -0.39 is 0 Å². The molecule has 0 unspecified atom stereocenters. The van der Waals surface area contributed by atoms with Crippen LogP contribution in [0.5, 0.6) is 0 Å². The van der Waals surface area contributed by atoms with E-state index in [2.05, 4.69) is 23.9 Å². The second-order valence-corrected chi connectivity index (χ2v) is 6.94. The minimum atomic E-state index is -0.117. The number of aryl methyl sites for hydroxylation is 1. The fourth-order valence-corrected chi connectivity index (χ4v) is 3.59. The first-order chi connectivity index (χ1) is 11.5. The lowest BCUT2D eigenvalue weighted by molar-refractivity contribution is -0.142. The van der Waals surface area contributed by atoms with Crippen LogP contribution >= 0.6 is 0 Å². The van der Waals surface area contributed by atoms with Gasteiger partial charge in [0.2, 0.25) is 11.7 Å². The van der Waals surface area contributed by atoms with Crippen molar-refractivity contribution in [2.24, 2.45) is 0 Å². The van der Waals surface area contributed by atoms with Gasteiger partial charge in [-0.05, 0) is 33.6 Å². The third-order valence-corrected chi connectivity index (χ3v) is 4.95. The number of piperidine rings is 1. The highest BCUT2D eigenvalue weighted by Gasteiger charge is 2.36. The van der Waals surface area contributed by atoms with E-state index in [1.54, 1.807) is 17.9 Å². The number of likely N-dealkylation sites (tertiary alicyclic amines) is 1. The fourth-order valence-electron chi connectivity index (χ4n) is 3.59. The summed E-state index contributed by atoms with van der Waals surface area (Å²) in [6, 6.07) is 1.88. The van der Waals surface area contributed by atoms with Crippen LogP contribution in [0.3, 0.4) is 0 Å². The van der Waals surface area contributed by atoms with Gasteiger partial charge in [-0.2, -0.15) is 0 Å². The molecule has 2 amide bonds. The molecular formula is C17H26N4O3. The van der Waals surface area contributed by atoms with Gasteiger partial charge in [-0.3, -0.25) is 14.5 Å². The standard InChI is InChI=1S/C17H26N4O3/c1-12(2)21-6-4-5-14(16(21)22)19-7-9-20(10-8-19)17(23)15-11-13(3)18-24-15/h11-12,14H,4-10H2,1-3H3/t14-/m0/s1. The van der Waals surface area contributed by atoms with Crippen molar-refractivity contribution in [1.29, 1.82) is 0 Å². The average molecular weight is 334 g/mol. The van der Waals surface area contributed by atoms with Gasteiger partial charge < -0.3 is 14.3 Å². The zero-order valence-electron chi connectivity index (χ0n) is 14.7. The summed E-state index contributed by atoms with van der Waals surface area (Å²) in [4.78, 5) is 31.1. The highest BCUT2D eigenvalue weighted by Crippen LogP contribution is 2.21. The quantitative estimate of drug-likeness (QED) is 0.829. The number of nitrogens with zero attached hydrogens (tertiary/aromatic N) is 4. The fraction of sp³-hybridized carbons (Fsp3) is 0.706. The monoisotopic (exact) mass is 334 g/mol. The van der Waals surface area contributed by atoms with Crippen LogP contribution in [-0.4, -0.2) is 76.5 Å². The van der Waals surface area contributed by atoms with Crippen LogP contribution in [0, 0.1) is 6.92 Å². The van der Waals surface area contributed by atoms with Gasteiger partial charge in [-0.15, -0.1) is 0 Å². The van der Waals surface area contributed by atoms with Crippen LogP contribution in [0.15, 0.2) is 10.6 Å². The molecule has 132 valence electrons. The number of hydrogen-bond acceptors (Lipinski definition) is 5. The van der Waals surface area contributed by atoms with E-state index >= 15 is 0 Å². The Morgan fingerprint density at radius 1 is 1.25 bits per heavy atom. The number of rotatable bonds is 3. The lowest BCUT2D eigenvalue weighted by atomic mass is 10.0. The van der Waals surface area contributed by atoms with Gasteiger partial charge in [0.1, 0.15) is 0 Å². The summed E-state index contributed by atoms with van der Waals surface area (Å²) < 4.78 is 5.06. The van der Waals surface area contributed by atoms with E-state index in [1.165, 1.54) is 0 Å². The molecule has 2 aliphatic heterocycles. The minimum Gasteiger partial charge on any atom is -0.351 e. The number of amides is 2. The molecule has 24 heavy (non-hydrogen) atoms. The second-order valence-electron chi connectivity index (χ2n) is 6.94. The first-order valence-electron chi connectivity index (χ1n) is 8.74. The summed E-state index contributed by atoms with van der Waals surface area (Å²) in [6.07, 6.45) is 1.96. The van der Waals surface area contributed by atoms with Gasteiger partial charge in [-0.1, -0.05) is 5.16 Å². The molecule has 0 aliphatic carbocycles. The second kappa shape index (κ2) is 6.93. The number of carbonyl (C=O) groups is 2. The molecular weight excluding hydrogens is 308 g/mol. The zero-order valence-corrected chi connectivity index (χ0v) is 14.7. The summed E-state index contributed by atoms with van der Waals surface area (Å²) in [5.74, 6) is 0.414. The van der Waals surface area contributed by atoms with Crippen LogP contribution in [0.4, 0.5) is 0 Å². The smallest absolute Gasteiger partial charge is 0.292 e. The van der Waals surface area contributed by atoms with E-state index in [0.717, 1.165) is 32.5 Å². The van der Waals surface area contributed by atoms with Crippen molar-refractivity contribution in [3.8, 4) is 0 Å². The Kier molecular flexibility index (Phi) is 4.89. The summed E-state index contributed by atoms with van der Waals surface area (Å²) in [7, 11) is 0. The van der Waals surface area contributed by atoms with Gasteiger partial charge >= 0.3 is 0 Å². The molecule has 3 rings (SSSR count). The Balaban J connectivity index is 1.58. The highest BCUT2D eigenvalue weighted by molar-refractivity contribution is 5.91.